The Labute approximate surface area is 109 Å². The van der Waals surface area contributed by atoms with Crippen LogP contribution >= 0.6 is 11.3 Å². The molecule has 2 aromatic rings. The highest BCUT2D eigenvalue weighted by molar-refractivity contribution is 7.11. The van der Waals surface area contributed by atoms with Crippen molar-refractivity contribution in [3.8, 4) is 0 Å². The minimum atomic E-state index is -0.403. The number of nitrogens with one attached hydrogen (secondary N) is 1. The standard InChI is InChI=1S/C11H15N5OS/c1-2-11-14-5-9(18-11)4-13-8-3-15-16(6-8)7-10(12)17/h3,5-6,13H,2,4,7H2,1H3,(H2,12,17). The number of aryl methyl sites for hydroxylation is 1. The lowest BCUT2D eigenvalue weighted by molar-refractivity contribution is -0.118. The number of primary amides is 1. The lowest BCUT2D eigenvalue weighted by Crippen LogP contribution is -2.18. The van der Waals surface area contributed by atoms with Crippen LogP contribution in [0.15, 0.2) is 18.6 Å². The van der Waals surface area contributed by atoms with Gasteiger partial charge in [-0.15, -0.1) is 11.3 Å². The normalized spacial score (nSPS) is 10.5. The van der Waals surface area contributed by atoms with Crippen LogP contribution in [0.2, 0.25) is 0 Å². The van der Waals surface area contributed by atoms with Crippen LogP contribution in [0.3, 0.4) is 0 Å². The molecule has 18 heavy (non-hydrogen) atoms. The van der Waals surface area contributed by atoms with Gasteiger partial charge in [0, 0.05) is 17.3 Å². The maximum atomic E-state index is 10.7. The van der Waals surface area contributed by atoms with Crippen LogP contribution in [0.25, 0.3) is 0 Å². The number of carbonyl (C=O) groups is 1. The number of thiazole rings is 1. The van der Waals surface area contributed by atoms with Gasteiger partial charge in [-0.25, -0.2) is 4.98 Å². The van der Waals surface area contributed by atoms with E-state index >= 15 is 0 Å². The highest BCUT2D eigenvalue weighted by Crippen LogP contribution is 2.15. The summed E-state index contributed by atoms with van der Waals surface area (Å²) in [6.07, 6.45) is 6.27. The van der Waals surface area contributed by atoms with E-state index in [0.717, 1.165) is 17.1 Å². The molecule has 0 bridgehead atoms. The average molecular weight is 265 g/mol. The number of nitrogens with zero attached hydrogens (tertiary/aromatic N) is 3. The van der Waals surface area contributed by atoms with Crippen LogP contribution in [-0.2, 0) is 24.3 Å². The van der Waals surface area contributed by atoms with E-state index in [1.165, 1.54) is 9.56 Å². The van der Waals surface area contributed by atoms with Gasteiger partial charge in [0.05, 0.1) is 23.4 Å². The van der Waals surface area contributed by atoms with Gasteiger partial charge in [-0.1, -0.05) is 6.92 Å². The van der Waals surface area contributed by atoms with Crippen LogP contribution in [0, 0.1) is 0 Å². The molecule has 0 aliphatic heterocycles. The molecule has 1 amide bonds. The van der Waals surface area contributed by atoms with Gasteiger partial charge in [-0.2, -0.15) is 5.10 Å². The van der Waals surface area contributed by atoms with Gasteiger partial charge in [0.2, 0.25) is 5.91 Å². The van der Waals surface area contributed by atoms with Crippen LogP contribution < -0.4 is 11.1 Å². The summed E-state index contributed by atoms with van der Waals surface area (Å²) in [5.74, 6) is -0.403. The van der Waals surface area contributed by atoms with E-state index in [4.69, 9.17) is 5.73 Å². The van der Waals surface area contributed by atoms with Crippen LogP contribution in [-0.4, -0.2) is 20.7 Å². The van der Waals surface area contributed by atoms with Gasteiger partial charge in [0.25, 0.3) is 0 Å². The second-order valence-corrected chi connectivity index (χ2v) is 5.02. The van der Waals surface area contributed by atoms with Crippen LogP contribution in [0.1, 0.15) is 16.8 Å². The van der Waals surface area contributed by atoms with Crippen LogP contribution in [0.5, 0.6) is 0 Å². The molecule has 6 nitrogen and oxygen atoms in total. The van der Waals surface area contributed by atoms with E-state index in [9.17, 15) is 4.79 Å². The summed E-state index contributed by atoms with van der Waals surface area (Å²) >= 11 is 1.69. The van der Waals surface area contributed by atoms with Gasteiger partial charge in [-0.3, -0.25) is 9.48 Å². The zero-order chi connectivity index (χ0) is 13.0. The molecule has 3 N–H and O–H groups in total. The molecule has 0 radical (unpaired) electrons. The molecule has 0 unspecified atom stereocenters. The Balaban J connectivity index is 1.89. The Bertz CT molecular complexity index is 533. The van der Waals surface area contributed by atoms with Gasteiger partial charge in [0.15, 0.2) is 0 Å². The average Bonchev–Trinajstić information content (AvgIpc) is 2.94. The lowest BCUT2D eigenvalue weighted by Gasteiger charge is -1.99. The first-order valence-electron chi connectivity index (χ1n) is 5.65. The Kier molecular flexibility index (Phi) is 3.93. The highest BCUT2D eigenvalue weighted by atomic mass is 32.1. The largest absolute Gasteiger partial charge is 0.378 e. The first-order chi connectivity index (χ1) is 8.67. The zero-order valence-electron chi connectivity index (χ0n) is 10.1. The molecule has 0 aromatic carbocycles. The Morgan fingerprint density at radius 1 is 1.56 bits per heavy atom. The third-order valence-corrected chi connectivity index (χ3v) is 3.46. The Morgan fingerprint density at radius 3 is 3.06 bits per heavy atom. The molecule has 2 heterocycles. The van der Waals surface area contributed by atoms with Crippen LogP contribution in [0.4, 0.5) is 5.69 Å². The van der Waals surface area contributed by atoms with Gasteiger partial charge in [0.1, 0.15) is 6.54 Å². The fourth-order valence-corrected chi connectivity index (χ4v) is 2.29. The number of nitrogens with two attached hydrogens (primary N) is 1. The minimum Gasteiger partial charge on any atom is -0.378 e. The van der Waals surface area contributed by atoms with Crippen molar-refractivity contribution >= 4 is 22.9 Å². The van der Waals surface area contributed by atoms with Gasteiger partial charge in [-0.05, 0) is 6.42 Å². The maximum Gasteiger partial charge on any atom is 0.239 e. The molecule has 0 aliphatic carbocycles. The van der Waals surface area contributed by atoms with Crippen molar-refractivity contribution in [2.75, 3.05) is 5.32 Å². The van der Waals surface area contributed by atoms with Gasteiger partial charge >= 0.3 is 0 Å². The summed E-state index contributed by atoms with van der Waals surface area (Å²) in [7, 11) is 0. The molecule has 0 aliphatic rings. The van der Waals surface area contributed by atoms with Gasteiger partial charge < -0.3 is 11.1 Å². The SMILES string of the molecule is CCc1ncc(CNc2cnn(CC(N)=O)c2)s1. The number of carbonyl (C=O) groups excluding carboxylic acids is 1. The molecule has 0 atom stereocenters. The van der Waals surface area contributed by atoms with E-state index in [0.29, 0.717) is 6.54 Å². The number of aromatic nitrogens is 3. The summed E-state index contributed by atoms with van der Waals surface area (Å²) in [6, 6.07) is 0. The number of hydrogen-bond donors (Lipinski definition) is 2. The molecule has 0 spiro atoms. The molecule has 0 saturated carbocycles. The van der Waals surface area contributed by atoms with Crippen molar-refractivity contribution in [1.29, 1.82) is 0 Å². The number of amides is 1. The fraction of sp³-hybridized carbons (Fsp3) is 0.364. The maximum absolute atomic E-state index is 10.7. The zero-order valence-corrected chi connectivity index (χ0v) is 10.9. The van der Waals surface area contributed by atoms with E-state index in [-0.39, 0.29) is 6.54 Å². The second kappa shape index (κ2) is 5.63. The quantitative estimate of drug-likeness (QED) is 0.816. The van der Waals surface area contributed by atoms with E-state index in [1.807, 2.05) is 6.20 Å². The Hall–Kier alpha value is -1.89. The molecule has 0 fully saturated rings. The first kappa shape index (κ1) is 12.6. The summed E-state index contributed by atoms with van der Waals surface area (Å²) in [4.78, 5) is 16.2. The molecule has 2 aromatic heterocycles. The number of hydrogen-bond acceptors (Lipinski definition) is 5. The number of anilines is 1. The van der Waals surface area contributed by atoms with E-state index < -0.39 is 5.91 Å². The molecule has 2 rings (SSSR count). The van der Waals surface area contributed by atoms with Crippen molar-refractivity contribution in [3.05, 3.63) is 28.5 Å². The predicted octanol–water partition coefficient (Wildman–Crippen LogP) is 0.999. The highest BCUT2D eigenvalue weighted by Gasteiger charge is 2.03. The summed E-state index contributed by atoms with van der Waals surface area (Å²) in [6.45, 7) is 2.89. The lowest BCUT2D eigenvalue weighted by atomic mass is 10.5. The van der Waals surface area contributed by atoms with Crippen molar-refractivity contribution in [2.45, 2.75) is 26.4 Å². The summed E-state index contributed by atoms with van der Waals surface area (Å²) in [5.41, 5.74) is 5.95. The molecule has 7 heteroatoms. The summed E-state index contributed by atoms with van der Waals surface area (Å²) in [5, 5.41) is 8.39. The molecular weight excluding hydrogens is 250 g/mol. The van der Waals surface area contributed by atoms with Crippen molar-refractivity contribution in [2.24, 2.45) is 5.73 Å². The summed E-state index contributed by atoms with van der Waals surface area (Å²) < 4.78 is 1.51. The Morgan fingerprint density at radius 2 is 2.39 bits per heavy atom. The third kappa shape index (κ3) is 3.30. The molecular formula is C11H15N5OS. The predicted molar refractivity (Wildman–Crippen MR) is 70.2 cm³/mol. The van der Waals surface area contributed by atoms with Crippen molar-refractivity contribution in [1.82, 2.24) is 14.8 Å². The van der Waals surface area contributed by atoms with E-state index in [2.05, 4.69) is 22.3 Å². The van der Waals surface area contributed by atoms with E-state index in [1.54, 1.807) is 23.7 Å². The number of rotatable bonds is 6. The van der Waals surface area contributed by atoms with Crippen molar-refractivity contribution in [3.63, 3.8) is 0 Å². The molecule has 96 valence electrons. The topological polar surface area (TPSA) is 85.8 Å². The van der Waals surface area contributed by atoms with Crippen molar-refractivity contribution < 1.29 is 4.79 Å². The smallest absolute Gasteiger partial charge is 0.239 e. The fourth-order valence-electron chi connectivity index (χ4n) is 1.48. The molecule has 0 saturated heterocycles. The first-order valence-corrected chi connectivity index (χ1v) is 6.47. The minimum absolute atomic E-state index is 0.0994. The monoisotopic (exact) mass is 265 g/mol. The second-order valence-electron chi connectivity index (χ2n) is 3.82. The third-order valence-electron chi connectivity index (χ3n) is 2.32.